The molecule has 6 nitrogen and oxygen atoms in total. The summed E-state index contributed by atoms with van der Waals surface area (Å²) < 4.78 is 27.8. The minimum atomic E-state index is -3.71. The summed E-state index contributed by atoms with van der Waals surface area (Å²) in [6, 6.07) is 3.07. The second kappa shape index (κ2) is 6.97. The van der Waals surface area contributed by atoms with E-state index in [-0.39, 0.29) is 11.1 Å². The number of nitrogens with zero attached hydrogens (tertiary/aromatic N) is 2. The van der Waals surface area contributed by atoms with Gasteiger partial charge in [-0.3, -0.25) is 0 Å². The van der Waals surface area contributed by atoms with E-state index in [0.717, 1.165) is 5.01 Å². The third kappa shape index (κ3) is 3.78. The van der Waals surface area contributed by atoms with Crippen LogP contribution in [0.25, 0.3) is 0 Å². The molecule has 0 bridgehead atoms. The Morgan fingerprint density at radius 2 is 2.10 bits per heavy atom. The average Bonchev–Trinajstić information content (AvgIpc) is 3.00. The Balaban J connectivity index is 2.30. The van der Waals surface area contributed by atoms with Crippen molar-refractivity contribution in [1.82, 2.24) is 14.7 Å². The van der Waals surface area contributed by atoms with Crippen molar-refractivity contribution in [3.05, 3.63) is 34.9 Å². The van der Waals surface area contributed by atoms with Gasteiger partial charge in [-0.2, -0.15) is 4.72 Å². The lowest BCUT2D eigenvalue weighted by molar-refractivity contribution is 0.546. The lowest BCUT2D eigenvalue weighted by atomic mass is 10.3. The summed E-state index contributed by atoms with van der Waals surface area (Å²) in [7, 11) is -3.71. The predicted octanol–water partition coefficient (Wildman–Crippen LogP) is 2.40. The van der Waals surface area contributed by atoms with Gasteiger partial charge in [-0.25, -0.2) is 18.4 Å². The molecule has 2 aromatic rings. The number of anilines is 1. The van der Waals surface area contributed by atoms with Crippen molar-refractivity contribution < 1.29 is 8.42 Å². The number of nitrogens with one attached hydrogen (secondary N) is 2. The molecule has 0 saturated heterocycles. The van der Waals surface area contributed by atoms with E-state index in [1.165, 1.54) is 17.5 Å². The zero-order valence-electron chi connectivity index (χ0n) is 11.9. The highest BCUT2D eigenvalue weighted by Gasteiger charge is 2.25. The molecular weight excluding hydrogens is 308 g/mol. The molecule has 2 aromatic heterocycles. The first-order chi connectivity index (χ1) is 10.1. The zero-order chi connectivity index (χ0) is 15.3. The number of hydrogen-bond acceptors (Lipinski definition) is 6. The first-order valence-corrected chi connectivity index (χ1v) is 9.05. The molecule has 2 heterocycles. The van der Waals surface area contributed by atoms with Crippen LogP contribution in [-0.4, -0.2) is 24.9 Å². The van der Waals surface area contributed by atoms with Gasteiger partial charge in [0, 0.05) is 24.3 Å². The number of pyridine rings is 1. The van der Waals surface area contributed by atoms with E-state index in [0.29, 0.717) is 18.7 Å². The van der Waals surface area contributed by atoms with Gasteiger partial charge in [0.15, 0.2) is 5.03 Å². The minimum absolute atomic E-state index is 0.0156. The third-order valence-corrected chi connectivity index (χ3v) is 5.17. The molecule has 0 saturated carbocycles. The molecule has 21 heavy (non-hydrogen) atoms. The second-order valence-electron chi connectivity index (χ2n) is 4.34. The van der Waals surface area contributed by atoms with Crippen LogP contribution >= 0.6 is 11.3 Å². The van der Waals surface area contributed by atoms with Gasteiger partial charge in [0.2, 0.25) is 0 Å². The molecule has 2 rings (SSSR count). The minimum Gasteiger partial charge on any atom is -0.383 e. The highest BCUT2D eigenvalue weighted by Crippen LogP contribution is 2.24. The normalized spacial score (nSPS) is 13.0. The van der Waals surface area contributed by atoms with Crippen LogP contribution in [0.4, 0.5) is 5.69 Å². The van der Waals surface area contributed by atoms with Crippen molar-refractivity contribution >= 4 is 27.0 Å². The van der Waals surface area contributed by atoms with E-state index < -0.39 is 10.0 Å². The monoisotopic (exact) mass is 326 g/mol. The smallest absolute Gasteiger partial charge is 0.260 e. The molecular formula is C13H18N4O2S2. The molecule has 0 aliphatic rings. The molecule has 1 atom stereocenters. The van der Waals surface area contributed by atoms with Gasteiger partial charge in [0.25, 0.3) is 10.0 Å². The van der Waals surface area contributed by atoms with E-state index in [9.17, 15) is 8.42 Å². The van der Waals surface area contributed by atoms with Crippen molar-refractivity contribution in [1.29, 1.82) is 0 Å². The predicted molar refractivity (Wildman–Crippen MR) is 83.9 cm³/mol. The van der Waals surface area contributed by atoms with E-state index in [1.54, 1.807) is 18.3 Å². The highest BCUT2D eigenvalue weighted by molar-refractivity contribution is 7.89. The molecule has 1 unspecified atom stereocenters. The fourth-order valence-corrected chi connectivity index (χ4v) is 4.13. The molecule has 8 heteroatoms. The molecule has 2 N–H and O–H groups in total. The standard InChI is InChI=1S/C13H18N4O2S2/c1-3-10(12-15-8-9-20-12)17-21(18,19)13-11(14-4-2)6-5-7-16-13/h5-10,14,17H,3-4H2,1-2H3. The summed E-state index contributed by atoms with van der Waals surface area (Å²) in [6.45, 7) is 4.44. The van der Waals surface area contributed by atoms with Gasteiger partial charge in [-0.05, 0) is 25.5 Å². The van der Waals surface area contributed by atoms with Crippen LogP contribution in [0.15, 0.2) is 34.9 Å². The molecule has 0 fully saturated rings. The number of thiazole rings is 1. The molecule has 0 spiro atoms. The third-order valence-electron chi connectivity index (χ3n) is 2.85. The number of aromatic nitrogens is 2. The lowest BCUT2D eigenvalue weighted by Crippen LogP contribution is -2.29. The van der Waals surface area contributed by atoms with Gasteiger partial charge >= 0.3 is 0 Å². The van der Waals surface area contributed by atoms with Crippen molar-refractivity contribution in [2.75, 3.05) is 11.9 Å². The number of sulfonamides is 1. The topological polar surface area (TPSA) is 84.0 Å². The van der Waals surface area contributed by atoms with Crippen LogP contribution in [-0.2, 0) is 10.0 Å². The maximum atomic E-state index is 12.6. The quantitative estimate of drug-likeness (QED) is 0.816. The van der Waals surface area contributed by atoms with E-state index in [1.807, 2.05) is 19.2 Å². The Hall–Kier alpha value is -1.51. The van der Waals surface area contributed by atoms with Gasteiger partial charge in [0.05, 0.1) is 11.7 Å². The number of rotatable bonds is 7. The van der Waals surface area contributed by atoms with Gasteiger partial charge in [-0.1, -0.05) is 6.92 Å². The van der Waals surface area contributed by atoms with Crippen molar-refractivity contribution in [2.45, 2.75) is 31.3 Å². The summed E-state index contributed by atoms with van der Waals surface area (Å²) in [5.74, 6) is 0. The fraction of sp³-hybridized carbons (Fsp3) is 0.385. The Morgan fingerprint density at radius 3 is 2.71 bits per heavy atom. The van der Waals surface area contributed by atoms with Crippen molar-refractivity contribution in [3.63, 3.8) is 0 Å². The van der Waals surface area contributed by atoms with Gasteiger partial charge in [0.1, 0.15) is 5.01 Å². The maximum absolute atomic E-state index is 12.6. The summed E-state index contributed by atoms with van der Waals surface area (Å²) in [5.41, 5.74) is 0.501. The fourth-order valence-electron chi connectivity index (χ4n) is 1.89. The summed E-state index contributed by atoms with van der Waals surface area (Å²) >= 11 is 1.43. The first-order valence-electron chi connectivity index (χ1n) is 6.69. The Labute approximate surface area is 128 Å². The molecule has 0 aromatic carbocycles. The van der Waals surface area contributed by atoms with Crippen LogP contribution in [0, 0.1) is 0 Å². The van der Waals surface area contributed by atoms with Crippen LogP contribution in [0.5, 0.6) is 0 Å². The Kier molecular flexibility index (Phi) is 5.27. The van der Waals surface area contributed by atoms with Crippen LogP contribution in [0.1, 0.15) is 31.3 Å². The average molecular weight is 326 g/mol. The highest BCUT2D eigenvalue weighted by atomic mass is 32.2. The SMILES string of the molecule is CCNc1cccnc1S(=O)(=O)NC(CC)c1nccs1. The van der Waals surface area contributed by atoms with E-state index in [2.05, 4.69) is 20.0 Å². The molecule has 0 radical (unpaired) electrons. The van der Waals surface area contributed by atoms with E-state index >= 15 is 0 Å². The van der Waals surface area contributed by atoms with Crippen molar-refractivity contribution in [2.24, 2.45) is 0 Å². The molecule has 0 aliphatic heterocycles. The Morgan fingerprint density at radius 1 is 1.29 bits per heavy atom. The van der Waals surface area contributed by atoms with Crippen LogP contribution in [0.2, 0.25) is 0 Å². The second-order valence-corrected chi connectivity index (χ2v) is 6.89. The van der Waals surface area contributed by atoms with Gasteiger partial charge in [-0.15, -0.1) is 11.3 Å². The first kappa shape index (κ1) is 15.9. The van der Waals surface area contributed by atoms with Crippen LogP contribution < -0.4 is 10.0 Å². The molecule has 0 amide bonds. The molecule has 0 aliphatic carbocycles. The summed E-state index contributed by atoms with van der Waals surface area (Å²) in [5, 5.41) is 5.61. The Bertz CT molecular complexity index is 671. The van der Waals surface area contributed by atoms with E-state index in [4.69, 9.17) is 0 Å². The lowest BCUT2D eigenvalue weighted by Gasteiger charge is -2.16. The summed E-state index contributed by atoms with van der Waals surface area (Å²) in [6.07, 6.45) is 3.76. The maximum Gasteiger partial charge on any atom is 0.260 e. The molecule has 114 valence electrons. The zero-order valence-corrected chi connectivity index (χ0v) is 13.5. The van der Waals surface area contributed by atoms with Crippen molar-refractivity contribution in [3.8, 4) is 0 Å². The van der Waals surface area contributed by atoms with Crippen LogP contribution in [0.3, 0.4) is 0 Å². The van der Waals surface area contributed by atoms with Gasteiger partial charge < -0.3 is 5.32 Å². The largest absolute Gasteiger partial charge is 0.383 e. The number of hydrogen-bond donors (Lipinski definition) is 2. The summed E-state index contributed by atoms with van der Waals surface area (Å²) in [4.78, 5) is 8.19.